The van der Waals surface area contributed by atoms with Crippen molar-refractivity contribution in [3.63, 3.8) is 0 Å². The SMILES string of the molecule is O=[C]c1cccc2c1Cc1ccccc1C2. The normalized spacial score (nSPS) is 12.8. The minimum Gasteiger partial charge on any atom is -0.285 e. The summed E-state index contributed by atoms with van der Waals surface area (Å²) in [5.74, 6) is 0. The first-order valence-corrected chi connectivity index (χ1v) is 5.44. The summed E-state index contributed by atoms with van der Waals surface area (Å²) in [6.45, 7) is 0. The van der Waals surface area contributed by atoms with Gasteiger partial charge in [-0.15, -0.1) is 0 Å². The van der Waals surface area contributed by atoms with E-state index in [-0.39, 0.29) is 0 Å². The van der Waals surface area contributed by atoms with E-state index in [9.17, 15) is 4.79 Å². The quantitative estimate of drug-likeness (QED) is 0.599. The van der Waals surface area contributed by atoms with Crippen LogP contribution in [0.5, 0.6) is 0 Å². The molecule has 0 unspecified atom stereocenters. The second kappa shape index (κ2) is 3.60. The summed E-state index contributed by atoms with van der Waals surface area (Å²) < 4.78 is 0. The molecule has 0 atom stereocenters. The Bertz CT molecular complexity index is 555. The Hall–Kier alpha value is -1.89. The summed E-state index contributed by atoms with van der Waals surface area (Å²) in [7, 11) is 0. The second-order valence-electron chi connectivity index (χ2n) is 4.17. The van der Waals surface area contributed by atoms with E-state index in [0.29, 0.717) is 5.56 Å². The fourth-order valence-electron chi connectivity index (χ4n) is 2.40. The summed E-state index contributed by atoms with van der Waals surface area (Å²) in [4.78, 5) is 10.9. The molecule has 1 aliphatic carbocycles. The Morgan fingerprint density at radius 3 is 2.25 bits per heavy atom. The van der Waals surface area contributed by atoms with Crippen molar-refractivity contribution in [3.8, 4) is 0 Å². The molecule has 1 aliphatic rings. The highest BCUT2D eigenvalue weighted by Gasteiger charge is 2.17. The van der Waals surface area contributed by atoms with Gasteiger partial charge in [0.05, 0.1) is 0 Å². The second-order valence-corrected chi connectivity index (χ2v) is 4.17. The molecule has 1 radical (unpaired) electrons. The number of fused-ring (bicyclic) bond motifs is 2. The first-order valence-electron chi connectivity index (χ1n) is 5.44. The van der Waals surface area contributed by atoms with Crippen LogP contribution >= 0.6 is 0 Å². The number of benzene rings is 2. The zero-order valence-electron chi connectivity index (χ0n) is 8.86. The molecule has 0 N–H and O–H groups in total. The van der Waals surface area contributed by atoms with Crippen LogP contribution in [0.4, 0.5) is 0 Å². The largest absolute Gasteiger partial charge is 0.285 e. The third-order valence-corrected chi connectivity index (χ3v) is 3.25. The van der Waals surface area contributed by atoms with Crippen molar-refractivity contribution in [1.82, 2.24) is 0 Å². The molecule has 0 spiro atoms. The molecule has 0 bridgehead atoms. The Morgan fingerprint density at radius 1 is 0.812 bits per heavy atom. The topological polar surface area (TPSA) is 17.1 Å². The van der Waals surface area contributed by atoms with E-state index in [0.717, 1.165) is 18.4 Å². The maximum atomic E-state index is 10.9. The predicted octanol–water partition coefficient (Wildman–Crippen LogP) is 2.64. The molecule has 77 valence electrons. The smallest absolute Gasteiger partial charge is 0.233 e. The van der Waals surface area contributed by atoms with E-state index in [1.807, 2.05) is 18.4 Å². The van der Waals surface area contributed by atoms with Crippen LogP contribution in [0.25, 0.3) is 0 Å². The highest BCUT2D eigenvalue weighted by Crippen LogP contribution is 2.28. The maximum Gasteiger partial charge on any atom is 0.233 e. The van der Waals surface area contributed by atoms with Gasteiger partial charge in [-0.1, -0.05) is 42.5 Å². The summed E-state index contributed by atoms with van der Waals surface area (Å²) in [5, 5.41) is 0. The van der Waals surface area contributed by atoms with Crippen LogP contribution in [-0.2, 0) is 17.6 Å². The first kappa shape index (κ1) is 9.34. The Morgan fingerprint density at radius 2 is 1.50 bits per heavy atom. The fourth-order valence-corrected chi connectivity index (χ4v) is 2.40. The highest BCUT2D eigenvalue weighted by molar-refractivity contribution is 5.79. The molecule has 0 saturated carbocycles. The van der Waals surface area contributed by atoms with E-state index < -0.39 is 0 Å². The molecule has 1 nitrogen and oxygen atoms in total. The maximum absolute atomic E-state index is 10.9. The predicted molar refractivity (Wildman–Crippen MR) is 63.3 cm³/mol. The Balaban J connectivity index is 2.15. The molecule has 1 heteroatoms. The van der Waals surface area contributed by atoms with Gasteiger partial charge in [0.2, 0.25) is 6.29 Å². The molecule has 0 amide bonds. The van der Waals surface area contributed by atoms with Crippen LogP contribution in [0.15, 0.2) is 42.5 Å². The van der Waals surface area contributed by atoms with E-state index >= 15 is 0 Å². The molecule has 0 aliphatic heterocycles. The van der Waals surface area contributed by atoms with E-state index in [4.69, 9.17) is 0 Å². The van der Waals surface area contributed by atoms with Crippen molar-refractivity contribution in [2.45, 2.75) is 12.8 Å². The van der Waals surface area contributed by atoms with Crippen LogP contribution in [0.1, 0.15) is 27.8 Å². The molecule has 0 saturated heterocycles. The molecule has 0 fully saturated rings. The third-order valence-electron chi connectivity index (χ3n) is 3.25. The van der Waals surface area contributed by atoms with Crippen molar-refractivity contribution in [2.24, 2.45) is 0 Å². The Labute approximate surface area is 94.7 Å². The van der Waals surface area contributed by atoms with Gasteiger partial charge in [0, 0.05) is 5.56 Å². The number of carbonyl (C=O) groups excluding carboxylic acids is 1. The molecular weight excluding hydrogens is 196 g/mol. The molecule has 16 heavy (non-hydrogen) atoms. The number of hydrogen-bond acceptors (Lipinski definition) is 1. The average molecular weight is 207 g/mol. The van der Waals surface area contributed by atoms with Crippen molar-refractivity contribution < 1.29 is 4.79 Å². The van der Waals surface area contributed by atoms with Crippen LogP contribution in [0, 0.1) is 0 Å². The number of rotatable bonds is 1. The highest BCUT2D eigenvalue weighted by atomic mass is 16.1. The standard InChI is InChI=1S/C15H11O/c16-10-14-7-3-6-13-8-11-4-1-2-5-12(11)9-15(13)14/h1-7H,8-9H2. The van der Waals surface area contributed by atoms with Gasteiger partial charge in [0.15, 0.2) is 0 Å². The van der Waals surface area contributed by atoms with Crippen LogP contribution in [0.3, 0.4) is 0 Å². The van der Waals surface area contributed by atoms with Gasteiger partial charge >= 0.3 is 0 Å². The molecular formula is C15H11O. The molecule has 2 aromatic rings. The van der Waals surface area contributed by atoms with Crippen LogP contribution in [-0.4, -0.2) is 6.29 Å². The molecule has 3 rings (SSSR count). The van der Waals surface area contributed by atoms with Crippen molar-refractivity contribution >= 4 is 6.29 Å². The van der Waals surface area contributed by atoms with Crippen LogP contribution < -0.4 is 0 Å². The van der Waals surface area contributed by atoms with E-state index in [2.05, 4.69) is 30.3 Å². The minimum atomic E-state index is 0.715. The van der Waals surface area contributed by atoms with E-state index in [1.165, 1.54) is 16.7 Å². The lowest BCUT2D eigenvalue weighted by Crippen LogP contribution is -2.09. The van der Waals surface area contributed by atoms with Gasteiger partial charge in [-0.2, -0.15) is 0 Å². The summed E-state index contributed by atoms with van der Waals surface area (Å²) in [5.41, 5.74) is 5.83. The monoisotopic (exact) mass is 207 g/mol. The zero-order valence-corrected chi connectivity index (χ0v) is 8.86. The van der Waals surface area contributed by atoms with Gasteiger partial charge in [-0.3, -0.25) is 4.79 Å². The van der Waals surface area contributed by atoms with Crippen molar-refractivity contribution in [3.05, 3.63) is 70.3 Å². The van der Waals surface area contributed by atoms with Gasteiger partial charge in [-0.05, 0) is 35.1 Å². The molecule has 2 aromatic carbocycles. The van der Waals surface area contributed by atoms with Gasteiger partial charge in [0.1, 0.15) is 0 Å². The van der Waals surface area contributed by atoms with Crippen molar-refractivity contribution in [2.75, 3.05) is 0 Å². The van der Waals surface area contributed by atoms with Gasteiger partial charge in [-0.25, -0.2) is 0 Å². The minimum absolute atomic E-state index is 0.715. The van der Waals surface area contributed by atoms with Crippen LogP contribution in [0.2, 0.25) is 0 Å². The third kappa shape index (κ3) is 1.36. The van der Waals surface area contributed by atoms with Gasteiger partial charge in [0.25, 0.3) is 0 Å². The average Bonchev–Trinajstić information content (AvgIpc) is 2.35. The van der Waals surface area contributed by atoms with Crippen molar-refractivity contribution in [1.29, 1.82) is 0 Å². The first-order chi connectivity index (χ1) is 7.88. The molecule has 0 aromatic heterocycles. The fraction of sp³-hybridized carbons (Fsp3) is 0.133. The number of hydrogen-bond donors (Lipinski definition) is 0. The summed E-state index contributed by atoms with van der Waals surface area (Å²) in [6.07, 6.45) is 3.83. The summed E-state index contributed by atoms with van der Waals surface area (Å²) in [6, 6.07) is 14.3. The lowest BCUT2D eigenvalue weighted by atomic mass is 9.84. The van der Waals surface area contributed by atoms with Gasteiger partial charge < -0.3 is 0 Å². The Kier molecular flexibility index (Phi) is 2.10. The zero-order chi connectivity index (χ0) is 11.0. The lowest BCUT2D eigenvalue weighted by molar-refractivity contribution is 0.562. The summed E-state index contributed by atoms with van der Waals surface area (Å²) >= 11 is 0. The molecule has 0 heterocycles. The van der Waals surface area contributed by atoms with E-state index in [1.54, 1.807) is 0 Å². The lowest BCUT2D eigenvalue weighted by Gasteiger charge is -2.20.